The smallest absolute Gasteiger partial charge is 0.256 e. The maximum absolute atomic E-state index is 12.6. The topological polar surface area (TPSA) is 42.6 Å². The van der Waals surface area contributed by atoms with Crippen LogP contribution in [0.5, 0.6) is 0 Å². The number of hydrogen-bond donors (Lipinski definition) is 1. The number of thiophene rings is 1. The van der Waals surface area contributed by atoms with Crippen molar-refractivity contribution in [3.05, 3.63) is 58.4 Å². The molecule has 6 heteroatoms. The molecule has 2 aromatic heterocycles. The van der Waals surface area contributed by atoms with Gasteiger partial charge < -0.3 is 14.8 Å². The third-order valence-corrected chi connectivity index (χ3v) is 6.89. The van der Waals surface area contributed by atoms with Crippen molar-refractivity contribution in [3.8, 4) is 0 Å². The fraction of sp³-hybridized carbons (Fsp3) is 0.375. The van der Waals surface area contributed by atoms with Gasteiger partial charge in [-0.05, 0) is 39.8 Å². The summed E-state index contributed by atoms with van der Waals surface area (Å²) < 4.78 is 2.44. The van der Waals surface area contributed by atoms with E-state index >= 15 is 0 Å². The molecule has 0 saturated carbocycles. The first-order chi connectivity index (χ1) is 14.4. The van der Waals surface area contributed by atoms with Gasteiger partial charge in [0.1, 0.15) is 0 Å². The number of hydrogen-bond acceptors (Lipinski definition) is 5. The number of fused-ring (bicyclic) bond motifs is 5. The van der Waals surface area contributed by atoms with Crippen molar-refractivity contribution < 1.29 is 0 Å². The van der Waals surface area contributed by atoms with Crippen LogP contribution in [0.3, 0.4) is 0 Å². The van der Waals surface area contributed by atoms with Gasteiger partial charge in [-0.3, -0.25) is 9.69 Å². The van der Waals surface area contributed by atoms with Crippen LogP contribution in [0.2, 0.25) is 0 Å². The Morgan fingerprint density at radius 1 is 0.767 bits per heavy atom. The number of H-pyrrole nitrogens is 1. The highest BCUT2D eigenvalue weighted by Gasteiger charge is 2.15. The molecule has 0 aliphatic heterocycles. The highest BCUT2D eigenvalue weighted by Crippen LogP contribution is 2.37. The minimum Gasteiger partial charge on any atom is -0.320 e. The number of benzene rings is 2. The molecule has 4 aromatic rings. The molecule has 0 saturated heterocycles. The average Bonchev–Trinajstić information content (AvgIpc) is 3.10. The molecule has 0 amide bonds. The van der Waals surface area contributed by atoms with E-state index in [1.165, 1.54) is 15.0 Å². The van der Waals surface area contributed by atoms with E-state index in [-0.39, 0.29) is 5.56 Å². The minimum absolute atomic E-state index is 0.0122. The summed E-state index contributed by atoms with van der Waals surface area (Å²) in [5, 5.41) is 2.95. The van der Waals surface area contributed by atoms with Crippen molar-refractivity contribution in [2.24, 2.45) is 0 Å². The van der Waals surface area contributed by atoms with Gasteiger partial charge in [-0.15, -0.1) is 11.3 Å². The third kappa shape index (κ3) is 4.27. The highest BCUT2D eigenvalue weighted by atomic mass is 32.1. The lowest BCUT2D eigenvalue weighted by atomic mass is 10.1. The Morgan fingerprint density at radius 2 is 1.40 bits per heavy atom. The molecule has 0 aliphatic rings. The van der Waals surface area contributed by atoms with Crippen LogP contribution >= 0.6 is 11.3 Å². The third-order valence-electron chi connectivity index (χ3n) is 5.57. The van der Waals surface area contributed by atoms with Crippen LogP contribution in [0, 0.1) is 0 Å². The van der Waals surface area contributed by atoms with Crippen LogP contribution in [-0.2, 0) is 6.54 Å². The van der Waals surface area contributed by atoms with E-state index in [9.17, 15) is 4.79 Å². The Kier molecular flexibility index (Phi) is 6.20. The van der Waals surface area contributed by atoms with Crippen LogP contribution in [0.4, 0.5) is 0 Å². The van der Waals surface area contributed by atoms with Crippen molar-refractivity contribution in [3.63, 3.8) is 0 Å². The summed E-state index contributed by atoms with van der Waals surface area (Å²) in [7, 11) is 8.49. The van der Waals surface area contributed by atoms with E-state index < -0.39 is 0 Å². The van der Waals surface area contributed by atoms with Gasteiger partial charge in [0, 0.05) is 53.6 Å². The second-order valence-corrected chi connectivity index (χ2v) is 9.50. The Bertz CT molecular complexity index is 1210. The summed E-state index contributed by atoms with van der Waals surface area (Å²) in [6, 6.07) is 14.4. The lowest BCUT2D eigenvalue weighted by Crippen LogP contribution is -2.36. The normalized spacial score (nSPS) is 12.4. The molecule has 0 unspecified atom stereocenters. The van der Waals surface area contributed by atoms with E-state index in [4.69, 9.17) is 0 Å². The van der Waals surface area contributed by atoms with Gasteiger partial charge in [0.2, 0.25) is 0 Å². The molecular weight excluding hydrogens is 392 g/mol. The van der Waals surface area contributed by atoms with Gasteiger partial charge in [0.05, 0.1) is 10.2 Å². The van der Waals surface area contributed by atoms with Crippen LogP contribution in [0.1, 0.15) is 5.56 Å². The number of likely N-dealkylation sites (N-methyl/N-ethyl adjacent to an activating group) is 2. The molecule has 5 nitrogen and oxygen atoms in total. The number of rotatable bonds is 8. The largest absolute Gasteiger partial charge is 0.320 e. The highest BCUT2D eigenvalue weighted by molar-refractivity contribution is 7.26. The first-order valence-corrected chi connectivity index (χ1v) is 11.2. The number of nitrogens with zero attached hydrogens (tertiary/aromatic N) is 3. The molecule has 1 N–H and O–H groups in total. The molecule has 0 bridgehead atoms. The molecular formula is C24H30N4OS. The zero-order chi connectivity index (χ0) is 21.3. The van der Waals surface area contributed by atoms with Crippen LogP contribution in [-0.4, -0.2) is 74.1 Å². The van der Waals surface area contributed by atoms with Gasteiger partial charge in [0.15, 0.2) is 0 Å². The molecule has 0 aliphatic carbocycles. The second kappa shape index (κ2) is 8.86. The van der Waals surface area contributed by atoms with Crippen LogP contribution in [0.25, 0.3) is 31.1 Å². The Balaban J connectivity index is 1.77. The van der Waals surface area contributed by atoms with E-state index in [2.05, 4.69) is 72.1 Å². The Morgan fingerprint density at radius 3 is 2.07 bits per heavy atom. The van der Waals surface area contributed by atoms with E-state index in [0.29, 0.717) is 0 Å². The van der Waals surface area contributed by atoms with Gasteiger partial charge in [-0.1, -0.05) is 36.4 Å². The summed E-state index contributed by atoms with van der Waals surface area (Å²) in [5.41, 5.74) is 2.28. The zero-order valence-electron chi connectivity index (χ0n) is 18.2. The lowest BCUT2D eigenvalue weighted by molar-refractivity contribution is 0.212. The monoisotopic (exact) mass is 422 g/mol. The molecule has 0 radical (unpaired) electrons. The predicted octanol–water partition coefficient (Wildman–Crippen LogP) is 3.82. The van der Waals surface area contributed by atoms with Crippen LogP contribution < -0.4 is 5.56 Å². The number of aromatic amines is 1. The summed E-state index contributed by atoms with van der Waals surface area (Å²) in [4.78, 5) is 22.8. The first-order valence-electron chi connectivity index (χ1n) is 10.4. The molecule has 4 rings (SSSR count). The van der Waals surface area contributed by atoms with Crippen LogP contribution in [0.15, 0.2) is 47.3 Å². The van der Waals surface area contributed by atoms with Crippen molar-refractivity contribution in [1.82, 2.24) is 19.7 Å². The summed E-state index contributed by atoms with van der Waals surface area (Å²) >= 11 is 1.80. The fourth-order valence-electron chi connectivity index (χ4n) is 3.87. The quantitative estimate of drug-likeness (QED) is 0.469. The molecule has 2 aromatic carbocycles. The van der Waals surface area contributed by atoms with Gasteiger partial charge in [-0.2, -0.15) is 0 Å². The molecule has 2 heterocycles. The average molecular weight is 423 g/mol. The first kappa shape index (κ1) is 21.0. The molecule has 158 valence electrons. The predicted molar refractivity (Wildman–Crippen MR) is 130 cm³/mol. The van der Waals surface area contributed by atoms with Gasteiger partial charge in [-0.25, -0.2) is 0 Å². The summed E-state index contributed by atoms with van der Waals surface area (Å²) in [5.74, 6) is 0. The Labute approximate surface area is 181 Å². The van der Waals surface area contributed by atoms with Gasteiger partial charge >= 0.3 is 0 Å². The molecule has 0 atom stereocenters. The minimum atomic E-state index is -0.0122. The number of pyridine rings is 1. The van der Waals surface area contributed by atoms with Crippen molar-refractivity contribution in [2.45, 2.75) is 6.54 Å². The Hall–Kier alpha value is -2.25. The summed E-state index contributed by atoms with van der Waals surface area (Å²) in [6.45, 7) is 5.04. The SMILES string of the molecule is CN(C)CCN(CCN(C)C)Cc1cccc2c1sc1c3ccccc3c(=O)[nH]c21. The summed E-state index contributed by atoms with van der Waals surface area (Å²) in [6.07, 6.45) is 0. The van der Waals surface area contributed by atoms with Crippen molar-refractivity contribution in [2.75, 3.05) is 54.4 Å². The number of nitrogens with one attached hydrogen (secondary N) is 1. The van der Waals surface area contributed by atoms with Crippen molar-refractivity contribution >= 4 is 42.4 Å². The zero-order valence-corrected chi connectivity index (χ0v) is 19.1. The van der Waals surface area contributed by atoms with Crippen molar-refractivity contribution in [1.29, 1.82) is 0 Å². The second-order valence-electron chi connectivity index (χ2n) is 8.48. The standard InChI is InChI=1S/C24H30N4OS/c1-26(2)12-14-28(15-13-27(3)4)16-17-8-7-11-20-21-23(30-22(17)20)18-9-5-6-10-19(18)24(29)25-21/h5-11H,12-16H2,1-4H3,(H,25,29). The maximum atomic E-state index is 12.6. The molecule has 30 heavy (non-hydrogen) atoms. The lowest BCUT2D eigenvalue weighted by Gasteiger charge is -2.26. The fourth-order valence-corrected chi connectivity index (χ4v) is 5.17. The van der Waals surface area contributed by atoms with Gasteiger partial charge in [0.25, 0.3) is 5.56 Å². The van der Waals surface area contributed by atoms with E-state index in [1.54, 1.807) is 11.3 Å². The molecule has 0 spiro atoms. The van der Waals surface area contributed by atoms with E-state index in [1.807, 2.05) is 18.2 Å². The number of aromatic nitrogens is 1. The van der Waals surface area contributed by atoms with E-state index in [0.717, 1.165) is 54.4 Å². The maximum Gasteiger partial charge on any atom is 0.256 e. The molecule has 0 fully saturated rings.